The molecule has 0 saturated carbocycles. The van der Waals surface area contributed by atoms with Gasteiger partial charge in [0.05, 0.1) is 17.4 Å². The molecule has 34 heavy (non-hydrogen) atoms. The molecule has 2 fully saturated rings. The van der Waals surface area contributed by atoms with E-state index in [-0.39, 0.29) is 23.3 Å². The third-order valence-electron chi connectivity index (χ3n) is 7.03. The van der Waals surface area contributed by atoms with Crippen LogP contribution in [0.2, 0.25) is 0 Å². The first-order chi connectivity index (χ1) is 16.4. The predicted octanol–water partition coefficient (Wildman–Crippen LogP) is 2.51. The zero-order valence-corrected chi connectivity index (χ0v) is 20.0. The SMILES string of the molecule is O=C([C@H]1CCCN(S(=O)(=O)c2ccc(F)cc2)C1)N1CCN(Cc2ccc3c(c2)CCO3)CC1. The lowest BCUT2D eigenvalue weighted by Gasteiger charge is -2.38. The number of hydrogen-bond donors (Lipinski definition) is 0. The van der Waals surface area contributed by atoms with Crippen molar-refractivity contribution in [3.05, 3.63) is 59.4 Å². The molecule has 0 spiro atoms. The highest BCUT2D eigenvalue weighted by atomic mass is 32.2. The van der Waals surface area contributed by atoms with Crippen LogP contribution in [0.15, 0.2) is 47.4 Å². The summed E-state index contributed by atoms with van der Waals surface area (Å²) in [6.45, 7) is 5.04. The molecule has 2 aromatic rings. The number of carbonyl (C=O) groups is 1. The molecule has 1 amide bonds. The normalized spacial score (nSPS) is 21.8. The minimum atomic E-state index is -3.75. The lowest BCUT2D eigenvalue weighted by Crippen LogP contribution is -2.52. The monoisotopic (exact) mass is 487 g/mol. The molecule has 0 aromatic heterocycles. The van der Waals surface area contributed by atoms with Crippen LogP contribution in [0.5, 0.6) is 5.75 Å². The summed E-state index contributed by atoms with van der Waals surface area (Å²) < 4.78 is 46.2. The van der Waals surface area contributed by atoms with Crippen LogP contribution >= 0.6 is 0 Å². The van der Waals surface area contributed by atoms with Crippen LogP contribution in [0.4, 0.5) is 4.39 Å². The standard InChI is InChI=1S/C25H30FN3O4S/c26-22-4-6-23(7-5-22)34(31,32)29-10-1-2-21(18-29)25(30)28-13-11-27(12-14-28)17-19-3-8-24-20(16-19)9-15-33-24/h3-8,16,21H,1-2,9-15,17-18H2/t21-/m0/s1. The van der Waals surface area contributed by atoms with Gasteiger partial charge in [0.1, 0.15) is 11.6 Å². The van der Waals surface area contributed by atoms with E-state index >= 15 is 0 Å². The quantitative estimate of drug-likeness (QED) is 0.648. The van der Waals surface area contributed by atoms with Crippen molar-refractivity contribution in [3.63, 3.8) is 0 Å². The molecule has 0 N–H and O–H groups in total. The number of benzene rings is 2. The Hall–Kier alpha value is -2.49. The van der Waals surface area contributed by atoms with Crippen LogP contribution in [-0.2, 0) is 27.8 Å². The number of hydrogen-bond acceptors (Lipinski definition) is 5. The van der Waals surface area contributed by atoms with Crippen molar-refractivity contribution in [3.8, 4) is 5.75 Å². The van der Waals surface area contributed by atoms with Gasteiger partial charge < -0.3 is 9.64 Å². The minimum absolute atomic E-state index is 0.0355. The smallest absolute Gasteiger partial charge is 0.243 e. The highest BCUT2D eigenvalue weighted by molar-refractivity contribution is 7.89. The van der Waals surface area contributed by atoms with Crippen molar-refractivity contribution in [2.75, 3.05) is 45.9 Å². The Balaban J connectivity index is 1.16. The number of sulfonamides is 1. The number of amides is 1. The summed E-state index contributed by atoms with van der Waals surface area (Å²) in [7, 11) is -3.75. The number of halogens is 1. The predicted molar refractivity (Wildman–Crippen MR) is 125 cm³/mol. The van der Waals surface area contributed by atoms with E-state index in [2.05, 4.69) is 17.0 Å². The first-order valence-electron chi connectivity index (χ1n) is 11.9. The van der Waals surface area contributed by atoms with Gasteiger partial charge in [-0.25, -0.2) is 12.8 Å². The van der Waals surface area contributed by atoms with Crippen molar-refractivity contribution in [2.45, 2.75) is 30.7 Å². The third kappa shape index (κ3) is 4.82. The van der Waals surface area contributed by atoms with Gasteiger partial charge in [-0.05, 0) is 54.3 Å². The van der Waals surface area contributed by atoms with Gasteiger partial charge >= 0.3 is 0 Å². The van der Waals surface area contributed by atoms with Crippen molar-refractivity contribution in [1.29, 1.82) is 0 Å². The van der Waals surface area contributed by atoms with Gasteiger partial charge in [-0.2, -0.15) is 4.31 Å². The second-order valence-electron chi connectivity index (χ2n) is 9.30. The summed E-state index contributed by atoms with van der Waals surface area (Å²) in [6.07, 6.45) is 2.28. The number of piperidine rings is 1. The maximum atomic E-state index is 13.2. The molecule has 5 rings (SSSR count). The Kier molecular flexibility index (Phi) is 6.59. The molecule has 3 aliphatic heterocycles. The molecule has 182 valence electrons. The third-order valence-corrected chi connectivity index (χ3v) is 8.91. The first kappa shape index (κ1) is 23.3. The molecule has 3 aliphatic rings. The largest absolute Gasteiger partial charge is 0.493 e. The molecule has 1 atom stereocenters. The Labute approximate surface area is 200 Å². The Bertz CT molecular complexity index is 1150. The molecule has 0 bridgehead atoms. The molecule has 0 unspecified atom stereocenters. The van der Waals surface area contributed by atoms with Gasteiger partial charge in [0.15, 0.2) is 0 Å². The van der Waals surface area contributed by atoms with Crippen molar-refractivity contribution in [1.82, 2.24) is 14.1 Å². The lowest BCUT2D eigenvalue weighted by molar-refractivity contribution is -0.138. The second-order valence-corrected chi connectivity index (χ2v) is 11.2. The van der Waals surface area contributed by atoms with Crippen LogP contribution in [0, 0.1) is 11.7 Å². The fourth-order valence-corrected chi connectivity index (χ4v) is 6.62. The topological polar surface area (TPSA) is 70.2 Å². The summed E-state index contributed by atoms with van der Waals surface area (Å²) in [4.78, 5) is 17.5. The van der Waals surface area contributed by atoms with Crippen LogP contribution in [0.1, 0.15) is 24.0 Å². The average molecular weight is 488 g/mol. The van der Waals surface area contributed by atoms with E-state index in [1.54, 1.807) is 0 Å². The van der Waals surface area contributed by atoms with Crippen LogP contribution in [0.3, 0.4) is 0 Å². The Morgan fingerprint density at radius 3 is 2.56 bits per heavy atom. The van der Waals surface area contributed by atoms with Gasteiger partial charge in [-0.3, -0.25) is 9.69 Å². The van der Waals surface area contributed by atoms with Gasteiger partial charge in [0.2, 0.25) is 15.9 Å². The number of piperazine rings is 1. The molecule has 2 aromatic carbocycles. The number of ether oxygens (including phenoxy) is 1. The van der Waals surface area contributed by atoms with Crippen LogP contribution < -0.4 is 4.74 Å². The van der Waals surface area contributed by atoms with E-state index in [9.17, 15) is 17.6 Å². The van der Waals surface area contributed by atoms with Gasteiger partial charge in [0.25, 0.3) is 0 Å². The average Bonchev–Trinajstić information content (AvgIpc) is 3.32. The maximum Gasteiger partial charge on any atom is 0.243 e. The number of nitrogens with zero attached hydrogens (tertiary/aromatic N) is 3. The molecule has 0 radical (unpaired) electrons. The fraction of sp³-hybridized carbons (Fsp3) is 0.480. The summed E-state index contributed by atoms with van der Waals surface area (Å²) in [5.41, 5.74) is 2.53. The van der Waals surface area contributed by atoms with E-state index in [1.165, 1.54) is 27.6 Å². The summed E-state index contributed by atoms with van der Waals surface area (Å²) in [6, 6.07) is 11.2. The molecule has 2 saturated heterocycles. The molecule has 7 nitrogen and oxygen atoms in total. The van der Waals surface area contributed by atoms with Crippen molar-refractivity contribution >= 4 is 15.9 Å². The zero-order chi connectivity index (χ0) is 23.7. The molecule has 0 aliphatic carbocycles. The van der Waals surface area contributed by atoms with E-state index in [1.807, 2.05) is 11.0 Å². The Morgan fingerprint density at radius 2 is 1.79 bits per heavy atom. The maximum absolute atomic E-state index is 13.2. The molecule has 9 heteroatoms. The van der Waals surface area contributed by atoms with E-state index in [4.69, 9.17) is 4.74 Å². The van der Waals surface area contributed by atoms with E-state index in [0.29, 0.717) is 32.5 Å². The number of rotatable bonds is 5. The van der Waals surface area contributed by atoms with E-state index < -0.39 is 15.8 Å². The highest BCUT2D eigenvalue weighted by Gasteiger charge is 2.36. The second kappa shape index (κ2) is 9.64. The van der Waals surface area contributed by atoms with Gasteiger partial charge in [-0.15, -0.1) is 0 Å². The van der Waals surface area contributed by atoms with Crippen molar-refractivity contribution in [2.24, 2.45) is 5.92 Å². The van der Waals surface area contributed by atoms with E-state index in [0.717, 1.165) is 50.5 Å². The molecular weight excluding hydrogens is 457 g/mol. The zero-order valence-electron chi connectivity index (χ0n) is 19.2. The Morgan fingerprint density at radius 1 is 1.03 bits per heavy atom. The number of carbonyl (C=O) groups excluding carboxylic acids is 1. The van der Waals surface area contributed by atoms with Crippen LogP contribution in [-0.4, -0.2) is 74.3 Å². The summed E-state index contributed by atoms with van der Waals surface area (Å²) in [5.74, 6) is 0.206. The molecular formula is C25H30FN3O4S. The van der Waals surface area contributed by atoms with Crippen molar-refractivity contribution < 1.29 is 22.3 Å². The summed E-state index contributed by atoms with van der Waals surface area (Å²) in [5, 5.41) is 0. The molecule has 3 heterocycles. The highest BCUT2D eigenvalue weighted by Crippen LogP contribution is 2.28. The van der Waals surface area contributed by atoms with Gasteiger partial charge in [-0.1, -0.05) is 12.1 Å². The van der Waals surface area contributed by atoms with Crippen LogP contribution in [0.25, 0.3) is 0 Å². The lowest BCUT2D eigenvalue weighted by atomic mass is 9.97. The first-order valence-corrected chi connectivity index (χ1v) is 13.4. The minimum Gasteiger partial charge on any atom is -0.493 e. The summed E-state index contributed by atoms with van der Waals surface area (Å²) >= 11 is 0. The van der Waals surface area contributed by atoms with Gasteiger partial charge in [0, 0.05) is 52.2 Å². The fourth-order valence-electron chi connectivity index (χ4n) is 5.10. The number of fused-ring (bicyclic) bond motifs is 1.